The Morgan fingerprint density at radius 1 is 1.12 bits per heavy atom. The number of nitrogens with zero attached hydrogens (tertiary/aromatic N) is 4. The Hall–Kier alpha value is -2.02. The molecule has 0 aliphatic carbocycles. The molecule has 0 N–H and O–H groups in total. The van der Waals surface area contributed by atoms with Crippen molar-refractivity contribution in [1.82, 2.24) is 20.0 Å². The molecule has 2 aromatic heterocycles. The lowest BCUT2D eigenvalue weighted by atomic mass is 10.1. The summed E-state index contributed by atoms with van der Waals surface area (Å²) in [5.41, 5.74) is 2.72. The summed E-state index contributed by atoms with van der Waals surface area (Å²) in [6.45, 7) is 9.48. The lowest BCUT2D eigenvalue weighted by Gasteiger charge is -2.36. The fourth-order valence-corrected chi connectivity index (χ4v) is 4.08. The summed E-state index contributed by atoms with van der Waals surface area (Å²) in [6.07, 6.45) is 0. The van der Waals surface area contributed by atoms with Crippen LogP contribution in [0.2, 0.25) is 0 Å². The van der Waals surface area contributed by atoms with Gasteiger partial charge in [-0.3, -0.25) is 9.80 Å². The molecule has 0 bridgehead atoms. The molecule has 0 unspecified atom stereocenters. The summed E-state index contributed by atoms with van der Waals surface area (Å²) in [4.78, 5) is 5.97. The summed E-state index contributed by atoms with van der Waals surface area (Å²) in [5.74, 6) is 1.33. The van der Waals surface area contributed by atoms with Crippen LogP contribution in [-0.4, -0.2) is 46.2 Å². The number of aromatic nitrogens is 2. The van der Waals surface area contributed by atoms with Crippen LogP contribution in [0.5, 0.6) is 0 Å². The third kappa shape index (κ3) is 3.87. The molecule has 1 saturated heterocycles. The van der Waals surface area contributed by atoms with Crippen molar-refractivity contribution >= 4 is 11.3 Å². The van der Waals surface area contributed by atoms with Gasteiger partial charge in [0.2, 0.25) is 5.89 Å². The van der Waals surface area contributed by atoms with Crippen molar-refractivity contribution in [3.8, 4) is 10.8 Å². The molecule has 136 valence electrons. The Bertz CT molecular complexity index is 837. The molecule has 0 amide bonds. The van der Waals surface area contributed by atoms with Crippen molar-refractivity contribution in [3.05, 3.63) is 58.8 Å². The number of benzene rings is 1. The van der Waals surface area contributed by atoms with E-state index in [4.69, 9.17) is 4.42 Å². The molecular formula is C20H24N4OS. The molecule has 1 atom stereocenters. The summed E-state index contributed by atoms with van der Waals surface area (Å²) >= 11 is 1.62. The van der Waals surface area contributed by atoms with Crippen LogP contribution < -0.4 is 0 Å². The largest absolute Gasteiger partial charge is 0.418 e. The number of hydrogen-bond donors (Lipinski definition) is 0. The van der Waals surface area contributed by atoms with Gasteiger partial charge in [-0.15, -0.1) is 21.5 Å². The van der Waals surface area contributed by atoms with E-state index in [0.29, 0.717) is 11.8 Å². The second-order valence-corrected chi connectivity index (χ2v) is 7.85. The molecule has 3 aromatic rings. The average Bonchev–Trinajstić information content (AvgIpc) is 3.33. The molecule has 0 spiro atoms. The number of thiophene rings is 1. The predicted octanol–water partition coefficient (Wildman–Crippen LogP) is 3.99. The number of rotatable bonds is 5. The lowest BCUT2D eigenvalue weighted by molar-refractivity contribution is 0.0876. The Kier molecular flexibility index (Phi) is 5.15. The normalized spacial score (nSPS) is 17.5. The topological polar surface area (TPSA) is 45.4 Å². The molecule has 1 fully saturated rings. The third-order valence-electron chi connectivity index (χ3n) is 4.97. The molecule has 0 radical (unpaired) electrons. The molecule has 4 rings (SSSR count). The lowest BCUT2D eigenvalue weighted by Crippen LogP contribution is -2.46. The second-order valence-electron chi connectivity index (χ2n) is 6.90. The van der Waals surface area contributed by atoms with Gasteiger partial charge in [0.1, 0.15) is 0 Å². The van der Waals surface area contributed by atoms with E-state index in [1.807, 2.05) is 17.5 Å². The van der Waals surface area contributed by atoms with Crippen molar-refractivity contribution in [3.63, 3.8) is 0 Å². The molecule has 5 nitrogen and oxygen atoms in total. The maximum Gasteiger partial charge on any atom is 0.257 e. The summed E-state index contributed by atoms with van der Waals surface area (Å²) in [7, 11) is 0. The fraction of sp³-hybridized carbons (Fsp3) is 0.400. The van der Waals surface area contributed by atoms with Crippen molar-refractivity contribution in [2.75, 3.05) is 26.2 Å². The van der Waals surface area contributed by atoms with Crippen LogP contribution in [0.15, 0.2) is 46.2 Å². The van der Waals surface area contributed by atoms with Crippen LogP contribution in [0.25, 0.3) is 10.8 Å². The van der Waals surface area contributed by atoms with E-state index in [1.165, 1.54) is 11.1 Å². The first kappa shape index (κ1) is 17.4. The summed E-state index contributed by atoms with van der Waals surface area (Å²) in [5, 5.41) is 10.5. The minimum Gasteiger partial charge on any atom is -0.418 e. The molecule has 26 heavy (non-hydrogen) atoms. The van der Waals surface area contributed by atoms with Crippen molar-refractivity contribution in [2.45, 2.75) is 26.4 Å². The van der Waals surface area contributed by atoms with Crippen LogP contribution in [0.3, 0.4) is 0 Å². The van der Waals surface area contributed by atoms with Gasteiger partial charge in [0, 0.05) is 32.7 Å². The first-order valence-corrected chi connectivity index (χ1v) is 9.96. The van der Waals surface area contributed by atoms with Gasteiger partial charge < -0.3 is 4.42 Å². The zero-order valence-electron chi connectivity index (χ0n) is 15.3. The quantitative estimate of drug-likeness (QED) is 0.681. The van der Waals surface area contributed by atoms with Gasteiger partial charge in [0.15, 0.2) is 0 Å². The zero-order chi connectivity index (χ0) is 17.9. The first-order chi connectivity index (χ1) is 12.7. The molecule has 1 aliphatic rings. The SMILES string of the molecule is Cc1cccc(CN2CCN([C@H](C)c3nnc(-c4cccs4)o3)CC2)c1. The van der Waals surface area contributed by atoms with Gasteiger partial charge in [-0.1, -0.05) is 35.9 Å². The van der Waals surface area contributed by atoms with E-state index in [0.717, 1.165) is 37.6 Å². The van der Waals surface area contributed by atoms with Crippen molar-refractivity contribution in [2.24, 2.45) is 0 Å². The molecule has 1 aromatic carbocycles. The van der Waals surface area contributed by atoms with Crippen LogP contribution in [0.4, 0.5) is 0 Å². The van der Waals surface area contributed by atoms with E-state index in [9.17, 15) is 0 Å². The molecule has 1 aliphatic heterocycles. The second kappa shape index (κ2) is 7.70. The van der Waals surface area contributed by atoms with E-state index < -0.39 is 0 Å². The number of hydrogen-bond acceptors (Lipinski definition) is 6. The Labute approximate surface area is 158 Å². The standard InChI is InChI=1S/C20H24N4OS/c1-15-5-3-6-17(13-15)14-23-8-10-24(11-9-23)16(2)19-21-22-20(25-19)18-7-4-12-26-18/h3-7,12-13,16H,8-11,14H2,1-2H3/t16-/m1/s1. The highest BCUT2D eigenvalue weighted by molar-refractivity contribution is 7.13. The van der Waals surface area contributed by atoms with Gasteiger partial charge in [-0.25, -0.2) is 0 Å². The smallest absolute Gasteiger partial charge is 0.257 e. The molecule has 3 heterocycles. The van der Waals surface area contributed by atoms with Crippen molar-refractivity contribution < 1.29 is 4.42 Å². The Morgan fingerprint density at radius 3 is 2.69 bits per heavy atom. The maximum atomic E-state index is 5.91. The van der Waals surface area contributed by atoms with E-state index >= 15 is 0 Å². The zero-order valence-corrected chi connectivity index (χ0v) is 16.1. The maximum absolute atomic E-state index is 5.91. The van der Waals surface area contributed by atoms with E-state index in [1.54, 1.807) is 11.3 Å². The molecule has 6 heteroatoms. The Balaban J connectivity index is 1.34. The predicted molar refractivity (Wildman–Crippen MR) is 104 cm³/mol. The fourth-order valence-electron chi connectivity index (χ4n) is 3.44. The molecular weight excluding hydrogens is 344 g/mol. The summed E-state index contributed by atoms with van der Waals surface area (Å²) in [6, 6.07) is 12.9. The minimum absolute atomic E-state index is 0.150. The van der Waals surface area contributed by atoms with Crippen LogP contribution in [0.1, 0.15) is 30.0 Å². The first-order valence-electron chi connectivity index (χ1n) is 9.08. The Morgan fingerprint density at radius 2 is 1.96 bits per heavy atom. The van der Waals surface area contributed by atoms with E-state index in [-0.39, 0.29) is 6.04 Å². The van der Waals surface area contributed by atoms with E-state index in [2.05, 4.69) is 58.1 Å². The minimum atomic E-state index is 0.150. The number of aryl methyl sites for hydroxylation is 1. The third-order valence-corrected chi connectivity index (χ3v) is 5.83. The molecule has 0 saturated carbocycles. The van der Waals surface area contributed by atoms with Crippen LogP contribution in [-0.2, 0) is 6.54 Å². The highest BCUT2D eigenvalue weighted by Gasteiger charge is 2.26. The number of piperazine rings is 1. The average molecular weight is 369 g/mol. The van der Waals surface area contributed by atoms with Gasteiger partial charge >= 0.3 is 0 Å². The summed E-state index contributed by atoms with van der Waals surface area (Å²) < 4.78 is 5.91. The highest BCUT2D eigenvalue weighted by Crippen LogP contribution is 2.27. The van der Waals surface area contributed by atoms with Gasteiger partial charge in [0.25, 0.3) is 5.89 Å². The van der Waals surface area contributed by atoms with Gasteiger partial charge in [-0.05, 0) is 30.9 Å². The van der Waals surface area contributed by atoms with Gasteiger partial charge in [-0.2, -0.15) is 0 Å². The van der Waals surface area contributed by atoms with Crippen LogP contribution in [0, 0.1) is 6.92 Å². The van der Waals surface area contributed by atoms with Crippen molar-refractivity contribution in [1.29, 1.82) is 0 Å². The van der Waals surface area contributed by atoms with Gasteiger partial charge in [0.05, 0.1) is 10.9 Å². The highest BCUT2D eigenvalue weighted by atomic mass is 32.1. The van der Waals surface area contributed by atoms with Crippen LogP contribution >= 0.6 is 11.3 Å². The monoisotopic (exact) mass is 368 g/mol.